The summed E-state index contributed by atoms with van der Waals surface area (Å²) in [4.78, 5) is 41.6. The van der Waals surface area contributed by atoms with E-state index in [1.54, 1.807) is 4.90 Å². The second-order valence-electron chi connectivity index (χ2n) is 10.3. The van der Waals surface area contributed by atoms with Gasteiger partial charge in [0, 0.05) is 50.1 Å². The number of fused-ring (bicyclic) bond motifs is 3. The lowest BCUT2D eigenvalue weighted by Gasteiger charge is -2.24. The molecule has 0 bridgehead atoms. The van der Waals surface area contributed by atoms with Crippen molar-refractivity contribution in [3.8, 4) is 0 Å². The van der Waals surface area contributed by atoms with E-state index in [1.807, 2.05) is 91.0 Å². The first-order valence-corrected chi connectivity index (χ1v) is 13.8. The molecule has 0 fully saturated rings. The van der Waals surface area contributed by atoms with Gasteiger partial charge in [-0.3, -0.25) is 14.4 Å². The van der Waals surface area contributed by atoms with E-state index in [-0.39, 0.29) is 44.3 Å². The third-order valence-electron chi connectivity index (χ3n) is 7.41. The van der Waals surface area contributed by atoms with Crippen LogP contribution in [0.1, 0.15) is 33.5 Å². The minimum Gasteiger partial charge on any atom is -0.390 e. The van der Waals surface area contributed by atoms with E-state index in [2.05, 4.69) is 10.6 Å². The summed E-state index contributed by atoms with van der Waals surface area (Å²) in [6.45, 7) is 0.153. The summed E-state index contributed by atoms with van der Waals surface area (Å²) >= 11 is 0. The van der Waals surface area contributed by atoms with Gasteiger partial charge >= 0.3 is 0 Å². The number of nitrogens with one attached hydrogen (secondary N) is 2. The number of amides is 3. The molecule has 0 saturated carbocycles. The number of hydrogen-bond acceptors (Lipinski definition) is 5. The number of aliphatic hydroxyl groups is 1. The van der Waals surface area contributed by atoms with Gasteiger partial charge in [-0.25, -0.2) is 0 Å². The molecule has 2 atom stereocenters. The Hall–Kier alpha value is -4.53. The minimum atomic E-state index is -0.882. The molecular weight excluding hydrogens is 516 g/mol. The van der Waals surface area contributed by atoms with Crippen molar-refractivity contribution in [2.75, 3.05) is 24.5 Å². The van der Waals surface area contributed by atoms with Crippen molar-refractivity contribution in [1.82, 2.24) is 10.6 Å². The molecular formula is C33H34N4O4. The molecule has 4 aromatic carbocycles. The largest absolute Gasteiger partial charge is 0.390 e. The fourth-order valence-electron chi connectivity index (χ4n) is 5.20. The molecule has 210 valence electrons. The lowest BCUT2D eigenvalue weighted by molar-refractivity contribution is -0.129. The van der Waals surface area contributed by atoms with Crippen LogP contribution >= 0.6 is 0 Å². The number of rotatable bonds is 10. The first kappa shape index (κ1) is 28.0. The van der Waals surface area contributed by atoms with Crippen LogP contribution in [0.5, 0.6) is 0 Å². The lowest BCUT2D eigenvalue weighted by atomic mass is 10.0. The summed E-state index contributed by atoms with van der Waals surface area (Å²) in [5.74, 6) is -0.920. The van der Waals surface area contributed by atoms with Gasteiger partial charge in [0.1, 0.15) is 6.04 Å². The zero-order valence-electron chi connectivity index (χ0n) is 22.8. The number of nitrogens with zero attached hydrogens (tertiary/aromatic N) is 1. The van der Waals surface area contributed by atoms with E-state index >= 15 is 0 Å². The van der Waals surface area contributed by atoms with Gasteiger partial charge in [0.25, 0.3) is 5.91 Å². The Labute approximate surface area is 239 Å². The number of anilines is 1. The van der Waals surface area contributed by atoms with Crippen LogP contribution in [0, 0.1) is 0 Å². The van der Waals surface area contributed by atoms with E-state index in [9.17, 15) is 19.5 Å². The highest BCUT2D eigenvalue weighted by atomic mass is 16.3. The summed E-state index contributed by atoms with van der Waals surface area (Å²) < 4.78 is 0. The standard InChI is InChI=1S/C33H34N4O4/c34-20-27(38)21-35-32(40)29(18-22-13-14-23-7-1-2-8-24(23)17-22)36-31(39)15-16-37-30-12-6-4-10-26(30)19-25-9-3-5-11-28(25)33(37)41/h1-14,17,27,29,38H,15-16,18-21,34H2,(H,35,40)(H,36,39)/t27-,29?/m1/s1. The van der Waals surface area contributed by atoms with E-state index in [1.165, 1.54) is 0 Å². The van der Waals surface area contributed by atoms with Crippen molar-refractivity contribution in [3.05, 3.63) is 113 Å². The van der Waals surface area contributed by atoms with Gasteiger partial charge in [-0.2, -0.15) is 0 Å². The van der Waals surface area contributed by atoms with Gasteiger partial charge in [0.05, 0.1) is 6.10 Å². The molecule has 1 aliphatic heterocycles. The van der Waals surface area contributed by atoms with Crippen LogP contribution < -0.4 is 21.3 Å². The Morgan fingerprint density at radius 3 is 2.41 bits per heavy atom. The first-order valence-electron chi connectivity index (χ1n) is 13.8. The van der Waals surface area contributed by atoms with Crippen molar-refractivity contribution in [2.24, 2.45) is 5.73 Å². The third-order valence-corrected chi connectivity index (χ3v) is 7.41. The SMILES string of the molecule is NC[C@@H](O)CNC(=O)C(Cc1ccc2ccccc2c1)NC(=O)CCN1C(=O)c2ccccc2Cc2ccccc21. The molecule has 0 spiro atoms. The van der Waals surface area contributed by atoms with Crippen molar-refractivity contribution in [2.45, 2.75) is 31.4 Å². The van der Waals surface area contributed by atoms with Crippen molar-refractivity contribution < 1.29 is 19.5 Å². The predicted octanol–water partition coefficient (Wildman–Crippen LogP) is 2.94. The molecule has 8 heteroatoms. The maximum absolute atomic E-state index is 13.6. The number of aliphatic hydroxyl groups excluding tert-OH is 1. The van der Waals surface area contributed by atoms with Gasteiger partial charge in [0.15, 0.2) is 0 Å². The number of hydrogen-bond donors (Lipinski definition) is 4. The summed E-state index contributed by atoms with van der Waals surface area (Å²) in [6.07, 6.45) is 0.0199. The Morgan fingerprint density at radius 1 is 0.902 bits per heavy atom. The van der Waals surface area contributed by atoms with E-state index < -0.39 is 18.1 Å². The first-order chi connectivity index (χ1) is 19.9. The Balaban J connectivity index is 1.32. The zero-order chi connectivity index (χ0) is 28.8. The van der Waals surface area contributed by atoms with Crippen molar-refractivity contribution in [3.63, 3.8) is 0 Å². The highest BCUT2D eigenvalue weighted by Crippen LogP contribution is 2.30. The number of benzene rings is 4. The van der Waals surface area contributed by atoms with Crippen LogP contribution in [0.15, 0.2) is 91.0 Å². The van der Waals surface area contributed by atoms with Gasteiger partial charge in [-0.05, 0) is 39.6 Å². The van der Waals surface area contributed by atoms with E-state index in [4.69, 9.17) is 5.73 Å². The fourth-order valence-corrected chi connectivity index (χ4v) is 5.20. The molecule has 0 radical (unpaired) electrons. The molecule has 3 amide bonds. The summed E-state index contributed by atoms with van der Waals surface area (Å²) in [5, 5.41) is 17.5. The normalized spacial score (nSPS) is 14.0. The maximum atomic E-state index is 13.6. The predicted molar refractivity (Wildman–Crippen MR) is 160 cm³/mol. The third kappa shape index (κ3) is 6.62. The molecule has 41 heavy (non-hydrogen) atoms. The number of para-hydroxylation sites is 1. The molecule has 0 saturated heterocycles. The molecule has 0 aromatic heterocycles. The van der Waals surface area contributed by atoms with Crippen LogP contribution in [0.3, 0.4) is 0 Å². The molecule has 0 aliphatic carbocycles. The van der Waals surface area contributed by atoms with Gasteiger partial charge in [-0.1, -0.05) is 78.9 Å². The average molecular weight is 551 g/mol. The Kier molecular flexibility index (Phi) is 8.72. The molecule has 4 aromatic rings. The molecule has 5 rings (SSSR count). The molecule has 1 heterocycles. The zero-order valence-corrected chi connectivity index (χ0v) is 22.8. The van der Waals surface area contributed by atoms with Crippen LogP contribution in [0.2, 0.25) is 0 Å². The minimum absolute atomic E-state index is 0.00909. The lowest BCUT2D eigenvalue weighted by Crippen LogP contribution is -2.50. The number of carbonyl (C=O) groups excluding carboxylic acids is 3. The van der Waals surface area contributed by atoms with Crippen molar-refractivity contribution >= 4 is 34.2 Å². The second-order valence-corrected chi connectivity index (χ2v) is 10.3. The average Bonchev–Trinajstić information content (AvgIpc) is 3.11. The number of nitrogens with two attached hydrogens (primary N) is 1. The van der Waals surface area contributed by atoms with Gasteiger partial charge < -0.3 is 26.4 Å². The smallest absolute Gasteiger partial charge is 0.258 e. The maximum Gasteiger partial charge on any atom is 0.258 e. The molecule has 5 N–H and O–H groups in total. The Morgan fingerprint density at radius 2 is 1.61 bits per heavy atom. The molecule has 1 aliphatic rings. The summed E-state index contributed by atoms with van der Waals surface area (Å²) in [6, 6.07) is 28.2. The van der Waals surface area contributed by atoms with Gasteiger partial charge in [-0.15, -0.1) is 0 Å². The van der Waals surface area contributed by atoms with E-state index in [0.717, 1.165) is 33.2 Å². The van der Waals surface area contributed by atoms with Gasteiger partial charge in [0.2, 0.25) is 11.8 Å². The number of carbonyl (C=O) groups is 3. The highest BCUT2D eigenvalue weighted by Gasteiger charge is 2.28. The summed E-state index contributed by atoms with van der Waals surface area (Å²) in [5.41, 5.74) is 9.73. The van der Waals surface area contributed by atoms with Crippen molar-refractivity contribution in [1.29, 1.82) is 0 Å². The van der Waals surface area contributed by atoms with Crippen LogP contribution in [-0.2, 0) is 22.4 Å². The quantitative estimate of drug-likeness (QED) is 0.242. The van der Waals surface area contributed by atoms with Crippen LogP contribution in [0.4, 0.5) is 5.69 Å². The van der Waals surface area contributed by atoms with Crippen LogP contribution in [0.25, 0.3) is 10.8 Å². The Bertz CT molecular complexity index is 1570. The highest BCUT2D eigenvalue weighted by molar-refractivity contribution is 6.08. The van der Waals surface area contributed by atoms with E-state index in [0.29, 0.717) is 12.0 Å². The fraction of sp³-hybridized carbons (Fsp3) is 0.242. The van der Waals surface area contributed by atoms with Crippen LogP contribution in [-0.4, -0.2) is 54.6 Å². The molecule has 8 nitrogen and oxygen atoms in total. The summed E-state index contributed by atoms with van der Waals surface area (Å²) in [7, 11) is 0. The second kappa shape index (κ2) is 12.8. The topological polar surface area (TPSA) is 125 Å². The monoisotopic (exact) mass is 550 g/mol. The molecule has 1 unspecified atom stereocenters.